The molecule has 0 aromatic rings. The van der Waals surface area contributed by atoms with E-state index in [1.807, 2.05) is 0 Å². The number of rotatable bonds is 1. The zero-order valence-electron chi connectivity index (χ0n) is 13.1. The van der Waals surface area contributed by atoms with Crippen molar-refractivity contribution >= 4 is 0 Å². The fourth-order valence-electron chi connectivity index (χ4n) is 3.61. The van der Waals surface area contributed by atoms with Crippen molar-refractivity contribution in [2.75, 3.05) is 0 Å². The number of nitrogens with two attached hydrogens (primary N) is 2. The summed E-state index contributed by atoms with van der Waals surface area (Å²) in [5.74, 6) is 0. The third-order valence-electron chi connectivity index (χ3n) is 4.89. The Balaban J connectivity index is 2.21. The number of allylic oxidation sites excluding steroid dienone is 4. The zero-order valence-corrected chi connectivity index (χ0v) is 13.1. The van der Waals surface area contributed by atoms with Gasteiger partial charge in [-0.2, -0.15) is 0 Å². The molecule has 4 N–H and O–H groups in total. The predicted octanol–water partition coefficient (Wildman–Crippen LogP) is 4.90. The summed E-state index contributed by atoms with van der Waals surface area (Å²) in [6.45, 7) is 0. The molecule has 0 spiro atoms. The van der Waals surface area contributed by atoms with Gasteiger partial charge < -0.3 is 11.5 Å². The molecule has 0 heterocycles. The monoisotopic (exact) mass is 276 g/mol. The van der Waals surface area contributed by atoms with E-state index in [1.165, 1.54) is 75.4 Å². The summed E-state index contributed by atoms with van der Waals surface area (Å²) in [6, 6.07) is 0. The smallest absolute Gasteiger partial charge is 0.0116 e. The molecule has 2 aliphatic rings. The summed E-state index contributed by atoms with van der Waals surface area (Å²) >= 11 is 0. The van der Waals surface area contributed by atoms with Crippen LogP contribution in [0, 0.1) is 0 Å². The standard InChI is InChI=1S/C18H32N2/c19-17-13-9-5-1-3-7-11-15(17)16-12-8-4-2-6-10-14-18(16)20/h1-14,19-20H2/b17-15-,18-16?. The van der Waals surface area contributed by atoms with Gasteiger partial charge in [-0.05, 0) is 62.5 Å². The molecule has 0 radical (unpaired) electrons. The molecule has 2 rings (SSSR count). The van der Waals surface area contributed by atoms with Crippen LogP contribution in [0.5, 0.6) is 0 Å². The lowest BCUT2D eigenvalue weighted by Gasteiger charge is -2.18. The van der Waals surface area contributed by atoms with E-state index in [-0.39, 0.29) is 0 Å². The Morgan fingerprint density at radius 3 is 1.10 bits per heavy atom. The van der Waals surface area contributed by atoms with Crippen LogP contribution in [-0.2, 0) is 0 Å². The Morgan fingerprint density at radius 2 is 0.700 bits per heavy atom. The Hall–Kier alpha value is -0.920. The molecular formula is C18H32N2. The van der Waals surface area contributed by atoms with Crippen LogP contribution in [0.1, 0.15) is 89.9 Å². The highest BCUT2D eigenvalue weighted by Gasteiger charge is 2.15. The van der Waals surface area contributed by atoms with Crippen LogP contribution in [0.2, 0.25) is 0 Å². The molecule has 2 heteroatoms. The van der Waals surface area contributed by atoms with Crippen molar-refractivity contribution in [3.8, 4) is 0 Å². The Kier molecular flexibility index (Phi) is 6.49. The van der Waals surface area contributed by atoms with E-state index in [0.717, 1.165) is 37.1 Å². The zero-order chi connectivity index (χ0) is 14.2. The SMILES string of the molecule is NC1=C(/C2=C(\N)CCCCCCC2)CCCCCCC1. The van der Waals surface area contributed by atoms with Crippen molar-refractivity contribution in [2.24, 2.45) is 11.5 Å². The van der Waals surface area contributed by atoms with Gasteiger partial charge in [0.25, 0.3) is 0 Å². The minimum absolute atomic E-state index is 1.08. The van der Waals surface area contributed by atoms with Crippen molar-refractivity contribution in [2.45, 2.75) is 89.9 Å². The van der Waals surface area contributed by atoms with E-state index in [9.17, 15) is 0 Å². The second-order valence-electron chi connectivity index (χ2n) is 6.54. The lowest BCUT2D eigenvalue weighted by atomic mass is 9.91. The van der Waals surface area contributed by atoms with Gasteiger partial charge in [-0.3, -0.25) is 0 Å². The number of hydrogen-bond donors (Lipinski definition) is 2. The molecule has 0 aromatic carbocycles. The van der Waals surface area contributed by atoms with Gasteiger partial charge in [-0.15, -0.1) is 0 Å². The highest BCUT2D eigenvalue weighted by molar-refractivity contribution is 5.37. The molecule has 0 aliphatic heterocycles. The average molecular weight is 276 g/mol. The second-order valence-corrected chi connectivity index (χ2v) is 6.54. The molecule has 0 unspecified atom stereocenters. The molecule has 0 bridgehead atoms. The van der Waals surface area contributed by atoms with E-state index in [0.29, 0.717) is 0 Å². The summed E-state index contributed by atoms with van der Waals surface area (Å²) < 4.78 is 0. The lowest BCUT2D eigenvalue weighted by Crippen LogP contribution is -2.10. The van der Waals surface area contributed by atoms with Crippen LogP contribution in [0.15, 0.2) is 22.5 Å². The van der Waals surface area contributed by atoms with Crippen molar-refractivity contribution in [3.05, 3.63) is 22.5 Å². The van der Waals surface area contributed by atoms with Gasteiger partial charge in [0.1, 0.15) is 0 Å². The van der Waals surface area contributed by atoms with Gasteiger partial charge in [-0.1, -0.05) is 38.5 Å². The topological polar surface area (TPSA) is 52.0 Å². The number of hydrogen-bond acceptors (Lipinski definition) is 2. The van der Waals surface area contributed by atoms with Crippen LogP contribution in [0.4, 0.5) is 0 Å². The summed E-state index contributed by atoms with van der Waals surface area (Å²) in [5.41, 5.74) is 18.0. The lowest BCUT2D eigenvalue weighted by molar-refractivity contribution is 0.622. The van der Waals surface area contributed by atoms with Crippen LogP contribution in [0.25, 0.3) is 0 Å². The molecule has 0 aromatic heterocycles. The maximum Gasteiger partial charge on any atom is 0.0116 e. The molecule has 0 fully saturated rings. The maximum atomic E-state index is 6.43. The van der Waals surface area contributed by atoms with Gasteiger partial charge >= 0.3 is 0 Å². The third-order valence-corrected chi connectivity index (χ3v) is 4.89. The largest absolute Gasteiger partial charge is 0.402 e. The highest BCUT2D eigenvalue weighted by atomic mass is 14.6. The van der Waals surface area contributed by atoms with Gasteiger partial charge in [0.15, 0.2) is 0 Å². The first kappa shape index (κ1) is 15.5. The highest BCUT2D eigenvalue weighted by Crippen LogP contribution is 2.31. The summed E-state index contributed by atoms with van der Waals surface area (Å²) in [6.07, 6.45) is 17.6. The molecule has 0 amide bonds. The second kappa shape index (κ2) is 8.39. The predicted molar refractivity (Wildman–Crippen MR) is 87.1 cm³/mol. The molecule has 2 aliphatic carbocycles. The first-order valence-electron chi connectivity index (χ1n) is 8.74. The van der Waals surface area contributed by atoms with E-state index < -0.39 is 0 Å². The van der Waals surface area contributed by atoms with Crippen molar-refractivity contribution < 1.29 is 0 Å². The van der Waals surface area contributed by atoms with Crippen LogP contribution in [0.3, 0.4) is 0 Å². The fourth-order valence-corrected chi connectivity index (χ4v) is 3.61. The van der Waals surface area contributed by atoms with E-state index in [4.69, 9.17) is 11.5 Å². The molecule has 0 atom stereocenters. The molecule has 20 heavy (non-hydrogen) atoms. The Labute approximate surface area is 124 Å². The summed E-state index contributed by atoms with van der Waals surface area (Å²) in [4.78, 5) is 0. The first-order valence-corrected chi connectivity index (χ1v) is 8.74. The molecular weight excluding hydrogens is 244 g/mol. The van der Waals surface area contributed by atoms with Crippen molar-refractivity contribution in [1.29, 1.82) is 0 Å². The Bertz CT molecular complexity index is 330. The van der Waals surface area contributed by atoms with Crippen LogP contribution >= 0.6 is 0 Å². The Morgan fingerprint density at radius 1 is 0.400 bits per heavy atom. The van der Waals surface area contributed by atoms with Crippen molar-refractivity contribution in [1.82, 2.24) is 0 Å². The first-order chi connectivity index (χ1) is 9.79. The summed E-state index contributed by atoms with van der Waals surface area (Å²) in [7, 11) is 0. The molecule has 114 valence electrons. The average Bonchev–Trinajstić information content (AvgIpc) is 2.60. The van der Waals surface area contributed by atoms with Crippen LogP contribution in [-0.4, -0.2) is 0 Å². The third kappa shape index (κ3) is 4.57. The molecule has 0 saturated heterocycles. The minimum Gasteiger partial charge on any atom is -0.402 e. The molecule has 0 saturated carbocycles. The maximum absolute atomic E-state index is 6.43. The normalized spacial score (nSPS) is 27.8. The minimum atomic E-state index is 1.08. The van der Waals surface area contributed by atoms with Gasteiger partial charge in [0, 0.05) is 11.4 Å². The van der Waals surface area contributed by atoms with Gasteiger partial charge in [0.05, 0.1) is 0 Å². The summed E-state index contributed by atoms with van der Waals surface area (Å²) in [5, 5.41) is 0. The molecule has 2 nitrogen and oxygen atoms in total. The van der Waals surface area contributed by atoms with E-state index in [1.54, 1.807) is 0 Å². The van der Waals surface area contributed by atoms with Gasteiger partial charge in [0.2, 0.25) is 0 Å². The fraction of sp³-hybridized carbons (Fsp3) is 0.778. The van der Waals surface area contributed by atoms with Crippen LogP contribution < -0.4 is 11.5 Å². The van der Waals surface area contributed by atoms with E-state index >= 15 is 0 Å². The van der Waals surface area contributed by atoms with Gasteiger partial charge in [-0.25, -0.2) is 0 Å². The van der Waals surface area contributed by atoms with Crippen molar-refractivity contribution in [3.63, 3.8) is 0 Å². The quantitative estimate of drug-likeness (QED) is 0.715. The van der Waals surface area contributed by atoms with E-state index in [2.05, 4.69) is 0 Å².